The van der Waals surface area contributed by atoms with Gasteiger partial charge in [0.15, 0.2) is 0 Å². The number of anilines is 3. The second kappa shape index (κ2) is 13.5. The zero-order chi connectivity index (χ0) is 29.3. The molecule has 1 aliphatic rings. The van der Waals surface area contributed by atoms with Crippen molar-refractivity contribution >= 4 is 34.2 Å². The zero-order valence-corrected chi connectivity index (χ0v) is 24.2. The highest BCUT2D eigenvalue weighted by molar-refractivity contribution is 6.23. The van der Waals surface area contributed by atoms with Crippen LogP contribution in [-0.2, 0) is 32.0 Å². The number of aryl methyl sites for hydroxylation is 4. The first-order chi connectivity index (χ1) is 20.4. The highest BCUT2D eigenvalue weighted by Crippen LogP contribution is 2.21. The molecule has 0 saturated carbocycles. The van der Waals surface area contributed by atoms with Crippen molar-refractivity contribution in [1.29, 1.82) is 0 Å². The molecule has 2 aromatic heterocycles. The van der Waals surface area contributed by atoms with E-state index in [0.717, 1.165) is 61.8 Å². The number of carbonyl (C=O) groups excluding carboxylic acids is 1. The summed E-state index contributed by atoms with van der Waals surface area (Å²) in [5.74, 6) is -0.180. The van der Waals surface area contributed by atoms with Crippen LogP contribution in [0.25, 0.3) is 0 Å². The summed E-state index contributed by atoms with van der Waals surface area (Å²) in [6.45, 7) is 3.66. The third-order valence-corrected chi connectivity index (χ3v) is 6.90. The lowest BCUT2D eigenvalue weighted by Gasteiger charge is -2.15. The molecule has 0 bridgehead atoms. The summed E-state index contributed by atoms with van der Waals surface area (Å²) in [6.07, 6.45) is 17.5. The van der Waals surface area contributed by atoms with Crippen molar-refractivity contribution in [1.82, 2.24) is 9.13 Å². The summed E-state index contributed by atoms with van der Waals surface area (Å²) in [6, 6.07) is 15.8. The van der Waals surface area contributed by atoms with Crippen LogP contribution in [0.1, 0.15) is 12.8 Å². The van der Waals surface area contributed by atoms with Gasteiger partial charge in [-0.25, -0.2) is 23.3 Å². The third-order valence-electron chi connectivity index (χ3n) is 6.90. The van der Waals surface area contributed by atoms with Crippen molar-refractivity contribution in [3.63, 3.8) is 0 Å². The predicted molar refractivity (Wildman–Crippen MR) is 166 cm³/mol. The summed E-state index contributed by atoms with van der Waals surface area (Å²) in [5.41, 5.74) is 11.1. The van der Waals surface area contributed by atoms with Gasteiger partial charge in [-0.1, -0.05) is 0 Å². The van der Waals surface area contributed by atoms with Gasteiger partial charge in [-0.05, 0) is 54.6 Å². The number of hydrogen-bond acceptors (Lipinski definition) is 6. The molecule has 2 heterocycles. The molecule has 0 atom stereocenters. The minimum Gasteiger partial charge on any atom is -0.397 e. The van der Waals surface area contributed by atoms with E-state index in [-0.39, 0.29) is 5.78 Å². The lowest BCUT2D eigenvalue weighted by atomic mass is 10.1. The zero-order valence-electron chi connectivity index (χ0n) is 24.2. The van der Waals surface area contributed by atoms with E-state index in [0.29, 0.717) is 17.1 Å². The van der Waals surface area contributed by atoms with Crippen LogP contribution in [0.5, 0.6) is 0 Å². The molecule has 0 spiro atoms. The Labute approximate surface area is 246 Å². The Morgan fingerprint density at radius 1 is 0.762 bits per heavy atom. The largest absolute Gasteiger partial charge is 0.397 e. The van der Waals surface area contributed by atoms with Crippen LogP contribution in [0.3, 0.4) is 0 Å². The Morgan fingerprint density at radius 3 is 1.81 bits per heavy atom. The van der Waals surface area contributed by atoms with Crippen molar-refractivity contribution < 1.29 is 13.9 Å². The first-order valence-electron chi connectivity index (χ1n) is 14.2. The number of allylic oxidation sites excluding steroid dienone is 2. The van der Waals surface area contributed by atoms with Gasteiger partial charge in [0.05, 0.1) is 50.0 Å². The average Bonchev–Trinajstić information content (AvgIpc) is 3.60. The molecule has 0 unspecified atom stereocenters. The number of nitrogens with zero attached hydrogens (tertiary/aromatic N) is 5. The number of nitrogens with one attached hydrogen (secondary N) is 3. The van der Waals surface area contributed by atoms with Crippen LogP contribution < -0.4 is 30.8 Å². The van der Waals surface area contributed by atoms with Gasteiger partial charge in [-0.2, -0.15) is 0 Å². The van der Waals surface area contributed by atoms with E-state index in [1.54, 1.807) is 6.08 Å². The van der Waals surface area contributed by atoms with Crippen LogP contribution in [0.15, 0.2) is 115 Å². The third kappa shape index (κ3) is 7.97. The molecule has 42 heavy (non-hydrogen) atoms. The number of nitrogens with two attached hydrogens (primary N) is 1. The van der Waals surface area contributed by atoms with Gasteiger partial charge in [0, 0.05) is 49.1 Å². The molecule has 0 radical (unpaired) electrons. The quantitative estimate of drug-likeness (QED) is 0.113. The van der Waals surface area contributed by atoms with Gasteiger partial charge in [0.25, 0.3) is 0 Å². The van der Waals surface area contributed by atoms with E-state index in [9.17, 15) is 4.79 Å². The fraction of sp³-hybridized carbons (Fsp3) is 0.250. The topological polar surface area (TPSA) is 109 Å². The first-order valence-corrected chi connectivity index (χ1v) is 14.2. The predicted octanol–water partition coefficient (Wildman–Crippen LogP) is 3.44. The minimum absolute atomic E-state index is 0.180. The van der Waals surface area contributed by atoms with Crippen molar-refractivity contribution in [3.05, 3.63) is 110 Å². The maximum Gasteiger partial charge on any atom is 0.243 e. The summed E-state index contributed by atoms with van der Waals surface area (Å²) in [7, 11) is 4.04. The molecule has 2 aromatic carbocycles. The standard InChI is InChI=1S/C32H38N9O/c1-38-17-19-40(23-38)15-3-13-34-25-5-9-27(10-6-25)36-30-22-31(32(42)21-29(30)33)37-28-11-7-26(8-12-28)35-14-4-16-41-20-18-39(2)24-41/h5-12,17-24H,3-4,13-16H2,1-2H3,(H4-,33,34,35,36,37,42)/q+1/p+1. The Kier molecular flexibility index (Phi) is 9.13. The van der Waals surface area contributed by atoms with Gasteiger partial charge in [-0.15, -0.1) is 0 Å². The molecule has 5 rings (SSSR count). The normalized spacial score (nSPS) is 14.0. The monoisotopic (exact) mass is 565 g/mol. The minimum atomic E-state index is -0.180. The number of imidazole rings is 2. The summed E-state index contributed by atoms with van der Waals surface area (Å²) in [5, 5.41) is 10.1. The average molecular weight is 566 g/mol. The lowest BCUT2D eigenvalue weighted by Crippen LogP contribution is -2.23. The molecular formula is C32H39N9O+2. The van der Waals surface area contributed by atoms with Gasteiger partial charge in [0.2, 0.25) is 18.4 Å². The number of aliphatic imine (C=N–C) groups is 1. The first kappa shape index (κ1) is 28.4. The highest BCUT2D eigenvalue weighted by Gasteiger charge is 2.17. The Morgan fingerprint density at radius 2 is 1.29 bits per heavy atom. The molecule has 0 amide bonds. The smallest absolute Gasteiger partial charge is 0.243 e. The van der Waals surface area contributed by atoms with Crippen molar-refractivity contribution in [2.75, 3.05) is 29.0 Å². The molecule has 10 heteroatoms. The number of rotatable bonds is 13. The van der Waals surface area contributed by atoms with Gasteiger partial charge < -0.3 is 21.7 Å². The number of aromatic nitrogens is 4. The molecule has 216 valence electrons. The van der Waals surface area contributed by atoms with E-state index in [4.69, 9.17) is 10.7 Å². The van der Waals surface area contributed by atoms with Crippen molar-refractivity contribution in [2.45, 2.75) is 25.9 Å². The van der Waals surface area contributed by atoms with Crippen LogP contribution in [0.2, 0.25) is 0 Å². The Balaban J connectivity index is 1.12. The Hall–Kier alpha value is -5.12. The van der Waals surface area contributed by atoms with Crippen LogP contribution in [0.4, 0.5) is 22.7 Å². The summed E-state index contributed by atoms with van der Waals surface area (Å²) in [4.78, 5) is 17.4. The fourth-order valence-electron chi connectivity index (χ4n) is 4.66. The highest BCUT2D eigenvalue weighted by atomic mass is 16.1. The molecule has 0 fully saturated rings. The molecule has 0 aliphatic heterocycles. The van der Waals surface area contributed by atoms with Crippen molar-refractivity contribution in [2.24, 2.45) is 24.8 Å². The van der Waals surface area contributed by atoms with Gasteiger partial charge in [0.1, 0.15) is 24.8 Å². The van der Waals surface area contributed by atoms with Gasteiger partial charge in [-0.3, -0.25) is 4.79 Å². The molecule has 4 aromatic rings. The van der Waals surface area contributed by atoms with Crippen LogP contribution in [-0.4, -0.2) is 33.7 Å². The SMILES string of the molecule is C[n+]1ccn(CCCNc2ccc(N=C3C=C(Nc4ccc(NCCCn5cc[n+](C)c5)cc4)C(=O)C=C3N)cc2)c1. The maximum atomic E-state index is 12.7. The van der Waals surface area contributed by atoms with Crippen molar-refractivity contribution in [3.8, 4) is 0 Å². The van der Waals surface area contributed by atoms with E-state index in [1.165, 1.54) is 6.08 Å². The molecule has 1 aliphatic carbocycles. The number of carbonyl (C=O) groups is 1. The molecule has 0 saturated heterocycles. The molecule has 10 nitrogen and oxygen atoms in total. The van der Waals surface area contributed by atoms with E-state index in [1.807, 2.05) is 84.2 Å². The van der Waals surface area contributed by atoms with E-state index < -0.39 is 0 Å². The Bertz CT molecular complexity index is 1590. The van der Waals surface area contributed by atoms with Crippen LogP contribution >= 0.6 is 0 Å². The van der Waals surface area contributed by atoms with E-state index >= 15 is 0 Å². The molecular weight excluding hydrogens is 526 g/mol. The summed E-state index contributed by atoms with van der Waals surface area (Å²) < 4.78 is 8.42. The number of ketones is 1. The van der Waals surface area contributed by atoms with Crippen LogP contribution in [0, 0.1) is 0 Å². The maximum absolute atomic E-state index is 12.7. The fourth-order valence-corrected chi connectivity index (χ4v) is 4.66. The second-order valence-electron chi connectivity index (χ2n) is 10.5. The van der Waals surface area contributed by atoms with E-state index in [2.05, 4.69) is 50.1 Å². The number of benzene rings is 2. The lowest BCUT2D eigenvalue weighted by molar-refractivity contribution is -0.671. The molecule has 5 N–H and O–H groups in total. The summed E-state index contributed by atoms with van der Waals surface area (Å²) >= 11 is 0. The second-order valence-corrected chi connectivity index (χ2v) is 10.5. The number of hydrogen-bond donors (Lipinski definition) is 4. The van der Waals surface area contributed by atoms with Gasteiger partial charge >= 0.3 is 0 Å².